The second-order valence-electron chi connectivity index (χ2n) is 3.58. The molecule has 0 saturated carbocycles. The van der Waals surface area contributed by atoms with Crippen LogP contribution < -0.4 is 20.1 Å². The average molecular weight is 224 g/mol. The van der Waals surface area contributed by atoms with E-state index in [0.717, 1.165) is 24.7 Å². The van der Waals surface area contributed by atoms with Gasteiger partial charge in [-0.05, 0) is 25.6 Å². The van der Waals surface area contributed by atoms with Gasteiger partial charge in [-0.1, -0.05) is 0 Å². The molecule has 0 aliphatic carbocycles. The van der Waals surface area contributed by atoms with E-state index >= 15 is 0 Å². The summed E-state index contributed by atoms with van der Waals surface area (Å²) in [6.07, 6.45) is 0. The fourth-order valence-corrected chi connectivity index (χ4v) is 1.59. The molecule has 4 heteroatoms. The van der Waals surface area contributed by atoms with Crippen molar-refractivity contribution in [2.24, 2.45) is 0 Å². The molecule has 1 rings (SSSR count). The molecule has 0 spiro atoms. The van der Waals surface area contributed by atoms with Crippen molar-refractivity contribution >= 4 is 0 Å². The zero-order valence-corrected chi connectivity index (χ0v) is 10.4. The molecule has 1 aromatic rings. The third-order valence-corrected chi connectivity index (χ3v) is 2.46. The fraction of sp³-hybridized carbons (Fsp3) is 0.500. The first kappa shape index (κ1) is 12.8. The minimum absolute atomic E-state index is 0.772. The molecule has 0 aliphatic rings. The number of hydrogen-bond acceptors (Lipinski definition) is 4. The van der Waals surface area contributed by atoms with Gasteiger partial charge in [0.1, 0.15) is 11.5 Å². The summed E-state index contributed by atoms with van der Waals surface area (Å²) < 4.78 is 10.6. The molecule has 0 fully saturated rings. The quantitative estimate of drug-likeness (QED) is 0.564. The Hall–Kier alpha value is -1.26. The van der Waals surface area contributed by atoms with Crippen molar-refractivity contribution in [1.82, 2.24) is 10.6 Å². The zero-order chi connectivity index (χ0) is 12.0. The molecule has 0 radical (unpaired) electrons. The van der Waals surface area contributed by atoms with E-state index in [4.69, 9.17) is 9.47 Å². The van der Waals surface area contributed by atoms with Crippen molar-refractivity contribution in [3.8, 4) is 11.5 Å². The van der Waals surface area contributed by atoms with Crippen LogP contribution in [0.2, 0.25) is 0 Å². The Balaban J connectivity index is 2.88. The van der Waals surface area contributed by atoms with Crippen molar-refractivity contribution < 1.29 is 9.47 Å². The lowest BCUT2D eigenvalue weighted by molar-refractivity contribution is 0.389. The molecule has 0 saturated heterocycles. The third kappa shape index (κ3) is 3.12. The SMILES string of the molecule is CNCNCc1c(C)cc(OC)cc1OC. The van der Waals surface area contributed by atoms with Gasteiger partial charge in [0, 0.05) is 24.8 Å². The molecular weight excluding hydrogens is 204 g/mol. The van der Waals surface area contributed by atoms with Crippen LogP contribution in [0.3, 0.4) is 0 Å². The molecule has 0 aliphatic heterocycles. The minimum atomic E-state index is 0.772. The summed E-state index contributed by atoms with van der Waals surface area (Å²) in [7, 11) is 5.24. The van der Waals surface area contributed by atoms with Crippen LogP contribution in [0.5, 0.6) is 11.5 Å². The van der Waals surface area contributed by atoms with E-state index in [1.165, 1.54) is 11.1 Å². The second kappa shape index (κ2) is 6.35. The van der Waals surface area contributed by atoms with Gasteiger partial charge in [0.2, 0.25) is 0 Å². The van der Waals surface area contributed by atoms with E-state index in [1.54, 1.807) is 14.2 Å². The third-order valence-electron chi connectivity index (χ3n) is 2.46. The molecule has 0 unspecified atom stereocenters. The lowest BCUT2D eigenvalue weighted by Crippen LogP contribution is -2.25. The van der Waals surface area contributed by atoms with Crippen LogP contribution in [0, 0.1) is 6.92 Å². The van der Waals surface area contributed by atoms with Crippen LogP contribution in [0.15, 0.2) is 12.1 Å². The zero-order valence-electron chi connectivity index (χ0n) is 10.4. The van der Waals surface area contributed by atoms with Gasteiger partial charge in [-0.2, -0.15) is 0 Å². The maximum atomic E-state index is 5.36. The Bertz CT molecular complexity index is 340. The maximum Gasteiger partial charge on any atom is 0.127 e. The van der Waals surface area contributed by atoms with Gasteiger partial charge < -0.3 is 20.1 Å². The highest BCUT2D eigenvalue weighted by atomic mass is 16.5. The maximum absolute atomic E-state index is 5.36. The standard InChI is InChI=1S/C12H20N2O2/c1-9-5-10(15-3)6-12(16-4)11(9)7-14-8-13-2/h5-6,13-14H,7-8H2,1-4H3. The van der Waals surface area contributed by atoms with Crippen LogP contribution in [0.25, 0.3) is 0 Å². The number of benzene rings is 1. The molecule has 0 heterocycles. The molecule has 0 aromatic heterocycles. The Morgan fingerprint density at radius 3 is 2.50 bits per heavy atom. The van der Waals surface area contributed by atoms with Crippen LogP contribution in [0.4, 0.5) is 0 Å². The van der Waals surface area contributed by atoms with Crippen LogP contribution in [-0.4, -0.2) is 27.9 Å². The van der Waals surface area contributed by atoms with Crippen molar-refractivity contribution in [2.75, 3.05) is 27.9 Å². The van der Waals surface area contributed by atoms with Crippen molar-refractivity contribution in [2.45, 2.75) is 13.5 Å². The van der Waals surface area contributed by atoms with Gasteiger partial charge in [0.25, 0.3) is 0 Å². The molecule has 0 bridgehead atoms. The summed E-state index contributed by atoms with van der Waals surface area (Å²) in [6.45, 7) is 3.61. The number of aryl methyl sites for hydroxylation is 1. The summed E-state index contributed by atoms with van der Waals surface area (Å²) in [6, 6.07) is 3.92. The molecule has 0 atom stereocenters. The number of hydrogen-bond donors (Lipinski definition) is 2. The summed E-state index contributed by atoms with van der Waals surface area (Å²) >= 11 is 0. The smallest absolute Gasteiger partial charge is 0.127 e. The Morgan fingerprint density at radius 2 is 1.94 bits per heavy atom. The normalized spacial score (nSPS) is 10.2. The number of rotatable bonds is 6. The van der Waals surface area contributed by atoms with Crippen molar-refractivity contribution in [3.05, 3.63) is 23.3 Å². The minimum Gasteiger partial charge on any atom is -0.497 e. The van der Waals surface area contributed by atoms with Gasteiger partial charge in [0.05, 0.1) is 14.2 Å². The summed E-state index contributed by atoms with van der Waals surface area (Å²) in [5, 5.41) is 6.31. The molecule has 90 valence electrons. The van der Waals surface area contributed by atoms with E-state index < -0.39 is 0 Å². The number of ether oxygens (including phenoxy) is 2. The number of methoxy groups -OCH3 is 2. The predicted molar refractivity (Wildman–Crippen MR) is 65.0 cm³/mol. The van der Waals surface area contributed by atoms with Crippen LogP contribution in [0.1, 0.15) is 11.1 Å². The second-order valence-corrected chi connectivity index (χ2v) is 3.58. The van der Waals surface area contributed by atoms with Crippen LogP contribution >= 0.6 is 0 Å². The van der Waals surface area contributed by atoms with Gasteiger partial charge >= 0.3 is 0 Å². The van der Waals surface area contributed by atoms with Gasteiger partial charge in [-0.3, -0.25) is 0 Å². The summed E-state index contributed by atoms with van der Waals surface area (Å²) in [4.78, 5) is 0. The average Bonchev–Trinajstić information content (AvgIpc) is 2.30. The Morgan fingerprint density at radius 1 is 1.19 bits per heavy atom. The molecular formula is C12H20N2O2. The largest absolute Gasteiger partial charge is 0.497 e. The van der Waals surface area contributed by atoms with E-state index in [2.05, 4.69) is 17.6 Å². The highest BCUT2D eigenvalue weighted by molar-refractivity contribution is 5.46. The van der Waals surface area contributed by atoms with Crippen molar-refractivity contribution in [1.29, 1.82) is 0 Å². The molecule has 4 nitrogen and oxygen atoms in total. The summed E-state index contributed by atoms with van der Waals surface area (Å²) in [5.74, 6) is 1.69. The van der Waals surface area contributed by atoms with Crippen molar-refractivity contribution in [3.63, 3.8) is 0 Å². The topological polar surface area (TPSA) is 42.5 Å². The fourth-order valence-electron chi connectivity index (χ4n) is 1.59. The first-order valence-electron chi connectivity index (χ1n) is 5.29. The van der Waals surface area contributed by atoms with E-state index in [9.17, 15) is 0 Å². The lowest BCUT2D eigenvalue weighted by atomic mass is 10.1. The van der Waals surface area contributed by atoms with E-state index in [0.29, 0.717) is 0 Å². The Kier molecular flexibility index (Phi) is 5.08. The molecule has 16 heavy (non-hydrogen) atoms. The first-order chi connectivity index (χ1) is 7.72. The Labute approximate surface area is 96.9 Å². The van der Waals surface area contributed by atoms with Gasteiger partial charge in [-0.25, -0.2) is 0 Å². The molecule has 1 aromatic carbocycles. The monoisotopic (exact) mass is 224 g/mol. The molecule has 0 amide bonds. The van der Waals surface area contributed by atoms with Gasteiger partial charge in [0.15, 0.2) is 0 Å². The van der Waals surface area contributed by atoms with E-state index in [1.807, 2.05) is 19.2 Å². The highest BCUT2D eigenvalue weighted by Gasteiger charge is 2.08. The first-order valence-corrected chi connectivity index (χ1v) is 5.29. The number of nitrogens with one attached hydrogen (secondary N) is 2. The molecule has 2 N–H and O–H groups in total. The lowest BCUT2D eigenvalue weighted by Gasteiger charge is -2.14. The van der Waals surface area contributed by atoms with Gasteiger partial charge in [-0.15, -0.1) is 0 Å². The van der Waals surface area contributed by atoms with Crippen LogP contribution in [-0.2, 0) is 6.54 Å². The summed E-state index contributed by atoms with van der Waals surface area (Å²) in [5.41, 5.74) is 2.33. The highest BCUT2D eigenvalue weighted by Crippen LogP contribution is 2.28. The predicted octanol–water partition coefficient (Wildman–Crippen LogP) is 1.28. The van der Waals surface area contributed by atoms with E-state index in [-0.39, 0.29) is 0 Å².